The van der Waals surface area contributed by atoms with Crippen molar-refractivity contribution in [1.29, 1.82) is 0 Å². The molecule has 0 radical (unpaired) electrons. The van der Waals surface area contributed by atoms with Gasteiger partial charge in [0.2, 0.25) is 5.91 Å². The average Bonchev–Trinajstić information content (AvgIpc) is 3.43. The summed E-state index contributed by atoms with van der Waals surface area (Å²) in [5.41, 5.74) is 1.38. The third-order valence-corrected chi connectivity index (χ3v) is 9.16. The van der Waals surface area contributed by atoms with E-state index in [0.717, 1.165) is 6.04 Å². The molecule has 0 fully saturated rings. The van der Waals surface area contributed by atoms with Gasteiger partial charge in [0, 0.05) is 38.1 Å². The van der Waals surface area contributed by atoms with Crippen LogP contribution in [0.1, 0.15) is 37.6 Å². The van der Waals surface area contributed by atoms with E-state index in [2.05, 4.69) is 24.6 Å². The van der Waals surface area contributed by atoms with Gasteiger partial charge >= 0.3 is 5.97 Å². The van der Waals surface area contributed by atoms with Crippen molar-refractivity contribution in [3.8, 4) is 11.5 Å². The molecular formula is C32H37FN6O4Si. The van der Waals surface area contributed by atoms with Gasteiger partial charge in [-0.25, -0.2) is 28.8 Å². The molecule has 0 aliphatic carbocycles. The zero-order valence-electron chi connectivity index (χ0n) is 25.9. The number of nitrogens with zero attached hydrogens (tertiary/aromatic N) is 6. The number of pyridine rings is 1. The number of carbonyl (C=O) groups excluding carboxylic acids is 2. The van der Waals surface area contributed by atoms with Crippen molar-refractivity contribution in [3.05, 3.63) is 71.3 Å². The number of hydrogen-bond acceptors (Lipinski definition) is 8. The fourth-order valence-electron chi connectivity index (χ4n) is 5.09. The lowest BCUT2D eigenvalue weighted by atomic mass is 9.85. The van der Waals surface area contributed by atoms with Crippen molar-refractivity contribution in [2.45, 2.75) is 58.4 Å². The summed E-state index contributed by atoms with van der Waals surface area (Å²) in [7, 11) is -1.34. The highest BCUT2D eigenvalue weighted by Gasteiger charge is 2.47. The zero-order valence-corrected chi connectivity index (χ0v) is 26.9. The third-order valence-electron chi connectivity index (χ3n) is 7.46. The summed E-state index contributed by atoms with van der Waals surface area (Å²) < 4.78 is 27.3. The summed E-state index contributed by atoms with van der Waals surface area (Å²) in [4.78, 5) is 41.8. The van der Waals surface area contributed by atoms with Gasteiger partial charge in [0.15, 0.2) is 11.5 Å². The SMILES string of the molecule is CCOC(=O)C=Cc1nc(-c2nn(Cc3ccccc3F)c3ncccc23)nc2c1C(C)(C)C(=O)N2COCC[Si](C)(C)C. The topological polar surface area (TPSA) is 112 Å². The maximum atomic E-state index is 14.6. The molecule has 1 aliphatic rings. The van der Waals surface area contributed by atoms with Crippen molar-refractivity contribution in [2.75, 3.05) is 24.8 Å². The van der Waals surface area contributed by atoms with E-state index in [4.69, 9.17) is 24.5 Å². The number of benzene rings is 1. The van der Waals surface area contributed by atoms with E-state index in [1.807, 2.05) is 19.9 Å². The Morgan fingerprint density at radius 3 is 2.61 bits per heavy atom. The number of rotatable bonds is 11. The molecule has 230 valence electrons. The van der Waals surface area contributed by atoms with Crippen molar-refractivity contribution in [1.82, 2.24) is 24.7 Å². The first-order valence-corrected chi connectivity index (χ1v) is 18.3. The van der Waals surface area contributed by atoms with Crippen LogP contribution in [-0.2, 0) is 31.0 Å². The summed E-state index contributed by atoms with van der Waals surface area (Å²) in [5.74, 6) is -0.440. The Bertz CT molecular complexity index is 1750. The van der Waals surface area contributed by atoms with Crippen LogP contribution in [0.4, 0.5) is 10.2 Å². The molecule has 4 heterocycles. The summed E-state index contributed by atoms with van der Waals surface area (Å²) in [6.45, 7) is 13.1. The quantitative estimate of drug-likeness (QED) is 0.0928. The predicted octanol–water partition coefficient (Wildman–Crippen LogP) is 5.59. The smallest absolute Gasteiger partial charge is 0.330 e. The molecule has 44 heavy (non-hydrogen) atoms. The molecule has 3 aromatic heterocycles. The van der Waals surface area contributed by atoms with E-state index < -0.39 is 19.5 Å². The fraction of sp³-hybridized carbons (Fsp3) is 0.375. The lowest BCUT2D eigenvalue weighted by molar-refractivity contribution is -0.137. The van der Waals surface area contributed by atoms with Gasteiger partial charge < -0.3 is 9.47 Å². The number of esters is 1. The first kappa shape index (κ1) is 31.1. The highest BCUT2D eigenvalue weighted by Crippen LogP contribution is 2.43. The number of fused-ring (bicyclic) bond motifs is 2. The van der Waals surface area contributed by atoms with Crippen molar-refractivity contribution in [2.24, 2.45) is 0 Å². The summed E-state index contributed by atoms with van der Waals surface area (Å²) in [6.07, 6.45) is 4.48. The van der Waals surface area contributed by atoms with Gasteiger partial charge in [-0.2, -0.15) is 5.10 Å². The first-order valence-electron chi connectivity index (χ1n) is 14.6. The Balaban J connectivity index is 1.64. The number of amides is 1. The second kappa shape index (κ2) is 12.4. The summed E-state index contributed by atoms with van der Waals surface area (Å²) in [6, 6.07) is 11.1. The maximum Gasteiger partial charge on any atom is 0.330 e. The van der Waals surface area contributed by atoms with E-state index in [1.54, 1.807) is 48.1 Å². The highest BCUT2D eigenvalue weighted by molar-refractivity contribution is 6.76. The monoisotopic (exact) mass is 616 g/mol. The molecule has 0 saturated heterocycles. The molecular weight excluding hydrogens is 579 g/mol. The van der Waals surface area contributed by atoms with Gasteiger partial charge in [-0.05, 0) is 51.1 Å². The maximum absolute atomic E-state index is 14.6. The standard InChI is InChI=1S/C32H37FN6O4Si/c1-7-43-25(40)15-14-24-26-30(38(31(41)32(26,2)3)20-42-17-18-44(4,5)6)36-28(35-24)27-22-12-10-16-34-29(22)39(37-27)19-21-11-8-9-13-23(21)33/h8-16H,7,17-20H2,1-6H3. The predicted molar refractivity (Wildman–Crippen MR) is 169 cm³/mol. The number of anilines is 1. The van der Waals surface area contributed by atoms with Gasteiger partial charge in [0.1, 0.15) is 24.1 Å². The Morgan fingerprint density at radius 1 is 1.11 bits per heavy atom. The summed E-state index contributed by atoms with van der Waals surface area (Å²) >= 11 is 0. The van der Waals surface area contributed by atoms with Crippen LogP contribution in [0.3, 0.4) is 0 Å². The van der Waals surface area contributed by atoms with Crippen molar-refractivity contribution in [3.63, 3.8) is 0 Å². The molecule has 1 amide bonds. The van der Waals surface area contributed by atoms with Crippen LogP contribution in [0.5, 0.6) is 0 Å². The lowest BCUT2D eigenvalue weighted by Gasteiger charge is -2.21. The Hall–Kier alpha value is -4.29. The molecule has 12 heteroatoms. The number of hydrogen-bond donors (Lipinski definition) is 0. The van der Waals surface area contributed by atoms with Crippen LogP contribution in [0.15, 0.2) is 48.7 Å². The summed E-state index contributed by atoms with van der Waals surface area (Å²) in [5, 5.41) is 5.44. The molecule has 10 nitrogen and oxygen atoms in total. The Labute approximate surface area is 256 Å². The van der Waals surface area contributed by atoms with Gasteiger partial charge in [-0.1, -0.05) is 37.8 Å². The van der Waals surface area contributed by atoms with E-state index in [-0.39, 0.29) is 37.4 Å². The third kappa shape index (κ3) is 6.31. The van der Waals surface area contributed by atoms with Gasteiger partial charge in [0.25, 0.3) is 0 Å². The van der Waals surface area contributed by atoms with Crippen molar-refractivity contribution >= 4 is 42.9 Å². The fourth-order valence-corrected chi connectivity index (χ4v) is 5.85. The van der Waals surface area contributed by atoms with Crippen LogP contribution >= 0.6 is 0 Å². The van der Waals surface area contributed by atoms with Crippen LogP contribution < -0.4 is 4.90 Å². The Morgan fingerprint density at radius 2 is 1.89 bits per heavy atom. The molecule has 0 bridgehead atoms. The largest absolute Gasteiger partial charge is 0.463 e. The van der Waals surface area contributed by atoms with Crippen LogP contribution in [0, 0.1) is 5.82 Å². The molecule has 1 aromatic carbocycles. The first-order chi connectivity index (χ1) is 20.9. The normalized spacial score (nSPS) is 14.5. The second-order valence-corrected chi connectivity index (χ2v) is 18.0. The van der Waals surface area contributed by atoms with Crippen LogP contribution in [0.25, 0.3) is 28.6 Å². The molecule has 0 N–H and O–H groups in total. The van der Waals surface area contributed by atoms with Crippen LogP contribution in [-0.4, -0.2) is 64.6 Å². The molecule has 1 aliphatic heterocycles. The van der Waals surface area contributed by atoms with Crippen LogP contribution in [0.2, 0.25) is 25.7 Å². The number of halogens is 1. The van der Waals surface area contributed by atoms with E-state index >= 15 is 0 Å². The molecule has 0 atom stereocenters. The molecule has 0 spiro atoms. The van der Waals surface area contributed by atoms with Crippen molar-refractivity contribution < 1.29 is 23.5 Å². The average molecular weight is 617 g/mol. The number of aromatic nitrogens is 5. The number of carbonyl (C=O) groups is 2. The molecule has 5 rings (SSSR count). The van der Waals surface area contributed by atoms with Gasteiger partial charge in [0.05, 0.1) is 29.6 Å². The van der Waals surface area contributed by atoms with Gasteiger partial charge in [-0.15, -0.1) is 0 Å². The molecule has 4 aromatic rings. The van der Waals surface area contributed by atoms with E-state index in [9.17, 15) is 14.0 Å². The zero-order chi connectivity index (χ0) is 31.6. The number of ether oxygens (including phenoxy) is 2. The van der Waals surface area contributed by atoms with E-state index in [0.29, 0.717) is 46.0 Å². The van der Waals surface area contributed by atoms with E-state index in [1.165, 1.54) is 17.0 Å². The Kier molecular flexibility index (Phi) is 8.75. The lowest BCUT2D eigenvalue weighted by Crippen LogP contribution is -2.38. The van der Waals surface area contributed by atoms with Gasteiger partial charge in [-0.3, -0.25) is 9.69 Å². The minimum atomic E-state index is -1.34. The minimum absolute atomic E-state index is 0.0290. The minimum Gasteiger partial charge on any atom is -0.463 e. The molecule has 0 saturated carbocycles. The second-order valence-electron chi connectivity index (χ2n) is 12.4. The highest BCUT2D eigenvalue weighted by atomic mass is 28.3. The molecule has 0 unspecified atom stereocenters.